The van der Waals surface area contributed by atoms with E-state index >= 15 is 0 Å². The minimum atomic E-state index is -0.285. The molecule has 0 spiro atoms. The van der Waals surface area contributed by atoms with Crippen LogP contribution in [0.25, 0.3) is 56.5 Å². The van der Waals surface area contributed by atoms with Crippen LogP contribution in [-0.2, 0) is 36.1 Å². The van der Waals surface area contributed by atoms with Crippen LogP contribution in [0.5, 0.6) is 0 Å². The maximum atomic E-state index is 12.2. The quantitative estimate of drug-likeness (QED) is 0.190. The predicted molar refractivity (Wildman–Crippen MR) is 178 cm³/mol. The Kier molecular flexibility index (Phi) is 10.2. The normalized spacial score (nSPS) is 12.6. The molecule has 3 aromatic heterocycles. The molecular formula is C36H38MnN4O4+3. The summed E-state index contributed by atoms with van der Waals surface area (Å²) in [6.07, 6.45) is 5.10. The van der Waals surface area contributed by atoms with Crippen molar-refractivity contribution in [2.45, 2.75) is 53.4 Å². The summed E-state index contributed by atoms with van der Waals surface area (Å²) in [5.74, 6) is -0.570. The summed E-state index contributed by atoms with van der Waals surface area (Å²) in [4.78, 5) is 41.6. The van der Waals surface area contributed by atoms with Gasteiger partial charge in [-0.25, -0.2) is 9.97 Å². The summed E-state index contributed by atoms with van der Waals surface area (Å²) in [5.41, 5.74) is 14.7. The number of ether oxygens (including phenoxy) is 2. The fourth-order valence-corrected chi connectivity index (χ4v) is 5.96. The van der Waals surface area contributed by atoms with Crippen molar-refractivity contribution in [3.63, 3.8) is 0 Å². The van der Waals surface area contributed by atoms with Crippen molar-refractivity contribution < 1.29 is 36.1 Å². The molecule has 9 heteroatoms. The number of carbonyl (C=O) groups excluding carboxylic acids is 2. The molecule has 0 unspecified atom stereocenters. The van der Waals surface area contributed by atoms with Gasteiger partial charge in [-0.05, 0) is 98.2 Å². The third-order valence-electron chi connectivity index (χ3n) is 8.66. The maximum absolute atomic E-state index is 12.2. The number of rotatable bonds is 8. The molecule has 2 aliphatic heterocycles. The van der Waals surface area contributed by atoms with E-state index in [0.717, 1.165) is 89.4 Å². The molecular weight excluding hydrogens is 607 g/mol. The number of methoxy groups -OCH3 is 2. The molecule has 8 bridgehead atoms. The van der Waals surface area contributed by atoms with Crippen molar-refractivity contribution in [2.75, 3.05) is 14.2 Å². The fraction of sp³-hybridized carbons (Fsp3) is 0.278. The second-order valence-electron chi connectivity index (χ2n) is 11.1. The van der Waals surface area contributed by atoms with Gasteiger partial charge in [0, 0.05) is 46.0 Å². The first-order valence-electron chi connectivity index (χ1n) is 14.6. The van der Waals surface area contributed by atoms with Gasteiger partial charge in [0.1, 0.15) is 0 Å². The van der Waals surface area contributed by atoms with Gasteiger partial charge in [0.2, 0.25) is 0 Å². The van der Waals surface area contributed by atoms with Gasteiger partial charge in [0.15, 0.2) is 0 Å². The Morgan fingerprint density at radius 1 is 0.667 bits per heavy atom. The summed E-state index contributed by atoms with van der Waals surface area (Å²) in [6, 6.07) is 8.14. The molecule has 3 aromatic rings. The number of aryl methyl sites for hydroxylation is 2. The van der Waals surface area contributed by atoms with Crippen molar-refractivity contribution in [3.05, 3.63) is 82.5 Å². The second kappa shape index (κ2) is 13.7. The number of esters is 2. The van der Waals surface area contributed by atoms with Crippen LogP contribution < -0.4 is 0 Å². The van der Waals surface area contributed by atoms with Crippen LogP contribution in [0.1, 0.15) is 84.6 Å². The Hall–Kier alpha value is -4.46. The van der Waals surface area contributed by atoms with Crippen LogP contribution in [0, 0.1) is 13.8 Å². The molecule has 8 nitrogen and oxygen atoms in total. The summed E-state index contributed by atoms with van der Waals surface area (Å²) >= 11 is 0. The molecule has 0 fully saturated rings. The summed E-state index contributed by atoms with van der Waals surface area (Å²) in [6.45, 7) is 16.3. The molecule has 0 radical (unpaired) electrons. The Morgan fingerprint density at radius 2 is 1.07 bits per heavy atom. The number of carbonyl (C=O) groups is 2. The van der Waals surface area contributed by atoms with Crippen molar-refractivity contribution >= 4 is 68.4 Å². The molecule has 0 amide bonds. The molecule has 5 rings (SSSR count). The van der Waals surface area contributed by atoms with Crippen LogP contribution in [0.3, 0.4) is 0 Å². The smallest absolute Gasteiger partial charge is 0.469 e. The van der Waals surface area contributed by atoms with E-state index in [4.69, 9.17) is 19.4 Å². The van der Waals surface area contributed by atoms with E-state index in [1.54, 1.807) is 0 Å². The SMILES string of the molecule is C=Cc1c(C)c2cc3[nH]c(cc4nc(cc5nc(cc1[nH]2)C(C)=C5CCC(=O)OC)C(CCC(=O)OC)=C4C)c(C)c3C=C.[Mn+3]. The van der Waals surface area contributed by atoms with Gasteiger partial charge < -0.3 is 19.4 Å². The van der Waals surface area contributed by atoms with E-state index in [1.165, 1.54) is 14.2 Å². The van der Waals surface area contributed by atoms with E-state index in [2.05, 4.69) is 43.0 Å². The van der Waals surface area contributed by atoms with Crippen molar-refractivity contribution in [1.29, 1.82) is 0 Å². The van der Waals surface area contributed by atoms with Crippen LogP contribution in [0.15, 0.2) is 37.4 Å². The predicted octanol–water partition coefficient (Wildman–Crippen LogP) is 7.98. The van der Waals surface area contributed by atoms with E-state index in [9.17, 15) is 9.59 Å². The van der Waals surface area contributed by atoms with Crippen molar-refractivity contribution in [1.82, 2.24) is 19.9 Å². The first kappa shape index (κ1) is 33.4. The number of nitrogens with zero attached hydrogens (tertiary/aromatic N) is 2. The third kappa shape index (κ3) is 6.37. The maximum Gasteiger partial charge on any atom is 3.00 e. The monoisotopic (exact) mass is 645 g/mol. The number of aromatic amines is 2. The molecule has 0 saturated carbocycles. The standard InChI is InChI=1S/C36H38N4O4.Mn/c1-9-23-19(3)27-15-28-21(5)25(11-13-35(41)43-7)33(39-28)18-34-26(12-14-36(42)44-8)22(6)30(40-34)17-32-24(10-2)20(4)29(38-32)16-31(23)37-27;/h9-10,15-18,37-38H,1-2,11-14H2,3-8H3;/q;+3. The molecule has 0 aliphatic carbocycles. The average Bonchev–Trinajstić information content (AvgIpc) is 3.67. The molecule has 5 heterocycles. The number of aromatic nitrogens is 4. The van der Waals surface area contributed by atoms with Gasteiger partial charge >= 0.3 is 29.0 Å². The van der Waals surface area contributed by atoms with Gasteiger partial charge in [-0.2, -0.15) is 0 Å². The average molecular weight is 646 g/mol. The summed E-state index contributed by atoms with van der Waals surface area (Å²) < 4.78 is 9.88. The number of hydrogen-bond acceptors (Lipinski definition) is 6. The fourth-order valence-electron chi connectivity index (χ4n) is 5.96. The summed E-state index contributed by atoms with van der Waals surface area (Å²) in [5, 5.41) is 0. The molecule has 0 atom stereocenters. The van der Waals surface area contributed by atoms with Crippen LogP contribution in [0.2, 0.25) is 0 Å². The number of allylic oxidation sites excluding steroid dienone is 4. The molecule has 0 aromatic carbocycles. The van der Waals surface area contributed by atoms with Crippen LogP contribution in [-0.4, -0.2) is 46.1 Å². The number of hydrogen-bond donors (Lipinski definition) is 2. The minimum absolute atomic E-state index is 0. The zero-order valence-corrected chi connectivity index (χ0v) is 27.8. The summed E-state index contributed by atoms with van der Waals surface area (Å²) in [7, 11) is 2.79. The largest absolute Gasteiger partial charge is 3.00 e. The van der Waals surface area contributed by atoms with E-state index in [1.807, 2.05) is 44.2 Å². The Morgan fingerprint density at radius 3 is 1.49 bits per heavy atom. The van der Waals surface area contributed by atoms with Crippen LogP contribution in [0.4, 0.5) is 0 Å². The van der Waals surface area contributed by atoms with Crippen molar-refractivity contribution in [3.8, 4) is 0 Å². The third-order valence-corrected chi connectivity index (χ3v) is 8.66. The van der Waals surface area contributed by atoms with Gasteiger partial charge in [-0.3, -0.25) is 9.59 Å². The molecule has 45 heavy (non-hydrogen) atoms. The number of H-pyrrole nitrogens is 2. The van der Waals surface area contributed by atoms with Gasteiger partial charge in [-0.15, -0.1) is 0 Å². The number of nitrogens with one attached hydrogen (secondary N) is 2. The van der Waals surface area contributed by atoms with E-state index in [0.29, 0.717) is 12.8 Å². The molecule has 2 aliphatic rings. The van der Waals surface area contributed by atoms with Crippen molar-refractivity contribution in [2.24, 2.45) is 0 Å². The molecule has 0 saturated heterocycles. The number of fused-ring (bicyclic) bond motifs is 8. The van der Waals surface area contributed by atoms with Gasteiger partial charge in [0.25, 0.3) is 0 Å². The van der Waals surface area contributed by atoms with Crippen LogP contribution >= 0.6 is 0 Å². The zero-order valence-electron chi connectivity index (χ0n) is 26.6. The second-order valence-corrected chi connectivity index (χ2v) is 11.1. The zero-order chi connectivity index (χ0) is 31.7. The molecule has 230 valence electrons. The topological polar surface area (TPSA) is 110 Å². The van der Waals surface area contributed by atoms with Gasteiger partial charge in [-0.1, -0.05) is 25.3 Å². The first-order chi connectivity index (χ1) is 21.1. The van der Waals surface area contributed by atoms with E-state index < -0.39 is 0 Å². The first-order valence-corrected chi connectivity index (χ1v) is 14.6. The minimum Gasteiger partial charge on any atom is -0.469 e. The Labute approximate surface area is 273 Å². The Bertz CT molecular complexity index is 1960. The van der Waals surface area contributed by atoms with E-state index in [-0.39, 0.29) is 41.8 Å². The Balaban J connectivity index is 0.00000461. The molecule has 2 N–H and O–H groups in total. The van der Waals surface area contributed by atoms with Gasteiger partial charge in [0.05, 0.1) is 37.0 Å².